The van der Waals surface area contributed by atoms with Crippen molar-refractivity contribution in [3.05, 3.63) is 36.0 Å². The highest BCUT2D eigenvalue weighted by atomic mass is 32.2. The Bertz CT molecular complexity index is 599. The SMILES string of the molecule is Cc1cc(-c2ccc(S(N)(=O)=O)cc2)n[nH]1. The van der Waals surface area contributed by atoms with E-state index in [2.05, 4.69) is 10.2 Å². The van der Waals surface area contributed by atoms with Gasteiger partial charge in [-0.2, -0.15) is 5.10 Å². The lowest BCUT2D eigenvalue weighted by molar-refractivity contribution is 0.598. The fourth-order valence-electron chi connectivity index (χ4n) is 1.38. The van der Waals surface area contributed by atoms with Gasteiger partial charge in [0.25, 0.3) is 0 Å². The normalized spacial score (nSPS) is 11.6. The topological polar surface area (TPSA) is 88.8 Å². The molecule has 1 aromatic carbocycles. The molecule has 0 spiro atoms. The van der Waals surface area contributed by atoms with Crippen LogP contribution in [-0.2, 0) is 10.0 Å². The first-order valence-corrected chi connectivity index (χ1v) is 6.17. The van der Waals surface area contributed by atoms with Gasteiger partial charge in [-0.05, 0) is 25.1 Å². The van der Waals surface area contributed by atoms with Gasteiger partial charge in [0.2, 0.25) is 10.0 Å². The second kappa shape index (κ2) is 3.73. The van der Waals surface area contributed by atoms with E-state index in [1.807, 2.05) is 13.0 Å². The quantitative estimate of drug-likeness (QED) is 0.817. The average molecular weight is 237 g/mol. The van der Waals surface area contributed by atoms with Crippen LogP contribution in [0.2, 0.25) is 0 Å². The third kappa shape index (κ3) is 2.12. The third-order valence-electron chi connectivity index (χ3n) is 2.18. The number of H-pyrrole nitrogens is 1. The maximum atomic E-state index is 11.0. The van der Waals surface area contributed by atoms with Crippen molar-refractivity contribution in [3.8, 4) is 11.3 Å². The molecule has 0 saturated heterocycles. The van der Waals surface area contributed by atoms with E-state index >= 15 is 0 Å². The summed E-state index contributed by atoms with van der Waals surface area (Å²) in [5, 5.41) is 11.9. The number of aromatic amines is 1. The molecule has 0 aliphatic carbocycles. The molecule has 0 amide bonds. The van der Waals surface area contributed by atoms with Gasteiger partial charge < -0.3 is 0 Å². The van der Waals surface area contributed by atoms with E-state index in [1.54, 1.807) is 12.1 Å². The molecule has 0 fully saturated rings. The summed E-state index contributed by atoms with van der Waals surface area (Å²) < 4.78 is 22.1. The zero-order chi connectivity index (χ0) is 11.8. The van der Waals surface area contributed by atoms with Crippen LogP contribution in [0.4, 0.5) is 0 Å². The van der Waals surface area contributed by atoms with Crippen LogP contribution in [0.15, 0.2) is 35.2 Å². The van der Waals surface area contributed by atoms with E-state index in [0.717, 1.165) is 17.0 Å². The van der Waals surface area contributed by atoms with Gasteiger partial charge in [-0.1, -0.05) is 12.1 Å². The lowest BCUT2D eigenvalue weighted by Gasteiger charge is -1.99. The highest BCUT2D eigenvalue weighted by Crippen LogP contribution is 2.19. The van der Waals surface area contributed by atoms with Crippen LogP contribution in [0, 0.1) is 6.92 Å². The fourth-order valence-corrected chi connectivity index (χ4v) is 1.90. The zero-order valence-corrected chi connectivity index (χ0v) is 9.45. The van der Waals surface area contributed by atoms with Gasteiger partial charge >= 0.3 is 0 Å². The minimum atomic E-state index is -3.62. The van der Waals surface area contributed by atoms with E-state index in [9.17, 15) is 8.42 Å². The molecule has 0 saturated carbocycles. The van der Waals surface area contributed by atoms with Gasteiger partial charge in [0, 0.05) is 11.3 Å². The predicted molar refractivity (Wildman–Crippen MR) is 60.1 cm³/mol. The van der Waals surface area contributed by atoms with Gasteiger partial charge in [0.15, 0.2) is 0 Å². The summed E-state index contributed by atoms with van der Waals surface area (Å²) in [5.41, 5.74) is 2.57. The molecule has 5 nitrogen and oxygen atoms in total. The Morgan fingerprint density at radius 2 is 1.88 bits per heavy atom. The molecule has 2 aromatic rings. The second-order valence-electron chi connectivity index (χ2n) is 3.51. The molecular weight excluding hydrogens is 226 g/mol. The smallest absolute Gasteiger partial charge is 0.238 e. The van der Waals surface area contributed by atoms with E-state index < -0.39 is 10.0 Å². The summed E-state index contributed by atoms with van der Waals surface area (Å²) in [5.74, 6) is 0. The molecule has 0 atom stereocenters. The van der Waals surface area contributed by atoms with Crippen molar-refractivity contribution < 1.29 is 8.42 Å². The van der Waals surface area contributed by atoms with E-state index in [4.69, 9.17) is 5.14 Å². The van der Waals surface area contributed by atoms with Crippen LogP contribution in [0.5, 0.6) is 0 Å². The molecule has 0 aliphatic heterocycles. The van der Waals surface area contributed by atoms with Gasteiger partial charge in [-0.15, -0.1) is 0 Å². The molecule has 16 heavy (non-hydrogen) atoms. The number of rotatable bonds is 2. The molecule has 1 heterocycles. The van der Waals surface area contributed by atoms with Gasteiger partial charge in [-0.25, -0.2) is 13.6 Å². The van der Waals surface area contributed by atoms with Gasteiger partial charge in [0.05, 0.1) is 10.6 Å². The predicted octanol–water partition coefficient (Wildman–Crippen LogP) is 1.03. The summed E-state index contributed by atoms with van der Waals surface area (Å²) in [7, 11) is -3.62. The number of sulfonamides is 1. The fraction of sp³-hybridized carbons (Fsp3) is 0.100. The van der Waals surface area contributed by atoms with Crippen molar-refractivity contribution in [2.75, 3.05) is 0 Å². The maximum Gasteiger partial charge on any atom is 0.238 e. The molecule has 84 valence electrons. The highest BCUT2D eigenvalue weighted by molar-refractivity contribution is 7.89. The zero-order valence-electron chi connectivity index (χ0n) is 8.64. The average Bonchev–Trinajstić information content (AvgIpc) is 2.64. The number of hydrogen-bond donors (Lipinski definition) is 2. The summed E-state index contributed by atoms with van der Waals surface area (Å²) in [6.07, 6.45) is 0. The summed E-state index contributed by atoms with van der Waals surface area (Å²) in [4.78, 5) is 0.100. The van der Waals surface area contributed by atoms with Crippen molar-refractivity contribution in [1.29, 1.82) is 0 Å². The minimum absolute atomic E-state index is 0.100. The van der Waals surface area contributed by atoms with Crippen LogP contribution in [0.25, 0.3) is 11.3 Å². The number of nitrogens with two attached hydrogens (primary N) is 1. The van der Waals surface area contributed by atoms with Gasteiger partial charge in [0.1, 0.15) is 0 Å². The number of aryl methyl sites for hydroxylation is 1. The Labute approximate surface area is 93.4 Å². The first-order valence-electron chi connectivity index (χ1n) is 4.62. The van der Waals surface area contributed by atoms with Crippen LogP contribution in [-0.4, -0.2) is 18.6 Å². The summed E-state index contributed by atoms with van der Waals surface area (Å²) >= 11 is 0. The first kappa shape index (κ1) is 10.8. The largest absolute Gasteiger partial charge is 0.282 e. The van der Waals surface area contributed by atoms with Crippen molar-refractivity contribution in [2.24, 2.45) is 5.14 Å². The van der Waals surface area contributed by atoms with Crippen LogP contribution >= 0.6 is 0 Å². The van der Waals surface area contributed by atoms with Crippen LogP contribution in [0.3, 0.4) is 0 Å². The molecule has 3 N–H and O–H groups in total. The van der Waals surface area contributed by atoms with Crippen molar-refractivity contribution >= 4 is 10.0 Å². The number of hydrogen-bond acceptors (Lipinski definition) is 3. The monoisotopic (exact) mass is 237 g/mol. The summed E-state index contributed by atoms with van der Waals surface area (Å²) in [6.45, 7) is 1.90. The number of nitrogens with zero attached hydrogens (tertiary/aromatic N) is 1. The second-order valence-corrected chi connectivity index (χ2v) is 5.07. The van der Waals surface area contributed by atoms with Crippen molar-refractivity contribution in [1.82, 2.24) is 10.2 Å². The Balaban J connectivity index is 2.40. The van der Waals surface area contributed by atoms with Crippen molar-refractivity contribution in [2.45, 2.75) is 11.8 Å². The molecule has 0 aliphatic rings. The van der Waals surface area contributed by atoms with E-state index in [1.165, 1.54) is 12.1 Å². The number of nitrogens with one attached hydrogen (secondary N) is 1. The molecule has 0 unspecified atom stereocenters. The Morgan fingerprint density at radius 1 is 1.25 bits per heavy atom. The highest BCUT2D eigenvalue weighted by Gasteiger charge is 2.08. The minimum Gasteiger partial charge on any atom is -0.282 e. The first-order chi connectivity index (χ1) is 7.47. The van der Waals surface area contributed by atoms with Crippen LogP contribution < -0.4 is 5.14 Å². The molecule has 2 rings (SSSR count). The van der Waals surface area contributed by atoms with Gasteiger partial charge in [-0.3, -0.25) is 5.10 Å². The molecule has 6 heteroatoms. The Morgan fingerprint density at radius 3 is 2.31 bits per heavy atom. The molecule has 1 aromatic heterocycles. The Hall–Kier alpha value is -1.66. The lowest BCUT2D eigenvalue weighted by atomic mass is 10.1. The number of benzene rings is 1. The Kier molecular flexibility index (Phi) is 2.53. The molecular formula is C10H11N3O2S. The summed E-state index contributed by atoms with van der Waals surface area (Å²) in [6, 6.07) is 8.17. The number of primary sulfonamides is 1. The maximum absolute atomic E-state index is 11.0. The molecule has 0 bridgehead atoms. The van der Waals surface area contributed by atoms with E-state index in [0.29, 0.717) is 0 Å². The van der Waals surface area contributed by atoms with E-state index in [-0.39, 0.29) is 4.90 Å². The lowest BCUT2D eigenvalue weighted by Crippen LogP contribution is -2.11. The van der Waals surface area contributed by atoms with Crippen LogP contribution in [0.1, 0.15) is 5.69 Å². The third-order valence-corrected chi connectivity index (χ3v) is 3.11. The molecule has 0 radical (unpaired) electrons. The number of aromatic nitrogens is 2. The van der Waals surface area contributed by atoms with Crippen molar-refractivity contribution in [3.63, 3.8) is 0 Å². The standard InChI is InChI=1S/C10H11N3O2S/c1-7-6-10(13-12-7)8-2-4-9(5-3-8)16(11,14)15/h2-6H,1H3,(H,12,13)(H2,11,14,15).